The van der Waals surface area contributed by atoms with Crippen molar-refractivity contribution in [1.82, 2.24) is 24.8 Å². The lowest BCUT2D eigenvalue weighted by Gasteiger charge is -2.08. The minimum absolute atomic E-state index is 0.248. The highest BCUT2D eigenvalue weighted by Gasteiger charge is 2.20. The molecule has 140 valence electrons. The second-order valence-electron chi connectivity index (χ2n) is 6.85. The average molecular weight is 368 g/mol. The third-order valence-electron chi connectivity index (χ3n) is 5.03. The Hall–Kier alpha value is -3.03. The zero-order valence-electron chi connectivity index (χ0n) is 15.1. The summed E-state index contributed by atoms with van der Waals surface area (Å²) in [6.07, 6.45) is 6.47. The molecule has 1 aliphatic carbocycles. The van der Waals surface area contributed by atoms with Gasteiger partial charge >= 0.3 is 0 Å². The van der Waals surface area contributed by atoms with Gasteiger partial charge in [0.05, 0.1) is 18.3 Å². The summed E-state index contributed by atoms with van der Waals surface area (Å²) in [5, 5.41) is 15.2. The van der Waals surface area contributed by atoms with Crippen LogP contribution < -0.4 is 5.32 Å². The van der Waals surface area contributed by atoms with Gasteiger partial charge in [-0.2, -0.15) is 5.10 Å². The maximum atomic E-state index is 13.8. The molecule has 3 aromatic rings. The van der Waals surface area contributed by atoms with Crippen LogP contribution in [0.4, 0.5) is 10.2 Å². The highest BCUT2D eigenvalue weighted by Crippen LogP contribution is 2.28. The number of aromatic nitrogens is 5. The number of nitrogens with one attached hydrogen (secondary N) is 1. The fourth-order valence-electron chi connectivity index (χ4n) is 3.42. The molecular formula is C19H21FN6O. The Morgan fingerprint density at radius 2 is 2.04 bits per heavy atom. The summed E-state index contributed by atoms with van der Waals surface area (Å²) in [5.41, 5.74) is 1.52. The van der Waals surface area contributed by atoms with Gasteiger partial charge in [-0.05, 0) is 31.9 Å². The van der Waals surface area contributed by atoms with E-state index in [9.17, 15) is 9.18 Å². The van der Waals surface area contributed by atoms with Crippen LogP contribution in [-0.4, -0.2) is 30.7 Å². The third-order valence-corrected chi connectivity index (χ3v) is 5.03. The smallest absolute Gasteiger partial charge is 0.277 e. The van der Waals surface area contributed by atoms with E-state index in [1.165, 1.54) is 18.9 Å². The van der Waals surface area contributed by atoms with Gasteiger partial charge in [0, 0.05) is 11.8 Å². The molecule has 4 rings (SSSR count). The predicted molar refractivity (Wildman–Crippen MR) is 97.9 cm³/mol. The van der Waals surface area contributed by atoms with E-state index in [4.69, 9.17) is 0 Å². The maximum absolute atomic E-state index is 13.8. The number of rotatable bonds is 5. The van der Waals surface area contributed by atoms with Crippen LogP contribution in [0.1, 0.15) is 53.5 Å². The molecule has 1 amide bonds. The van der Waals surface area contributed by atoms with E-state index < -0.39 is 0 Å². The van der Waals surface area contributed by atoms with E-state index in [-0.39, 0.29) is 18.3 Å². The first-order valence-electron chi connectivity index (χ1n) is 9.12. The van der Waals surface area contributed by atoms with Gasteiger partial charge in [-0.25, -0.2) is 9.07 Å². The Balaban J connectivity index is 1.46. The minimum atomic E-state index is -0.326. The van der Waals surface area contributed by atoms with Crippen molar-refractivity contribution < 1.29 is 9.18 Å². The van der Waals surface area contributed by atoms with E-state index in [1.54, 1.807) is 35.9 Å². The second kappa shape index (κ2) is 7.30. The van der Waals surface area contributed by atoms with Gasteiger partial charge < -0.3 is 5.32 Å². The molecule has 1 N–H and O–H groups in total. The van der Waals surface area contributed by atoms with Crippen molar-refractivity contribution in [2.24, 2.45) is 0 Å². The molecule has 1 saturated carbocycles. The van der Waals surface area contributed by atoms with Crippen LogP contribution in [-0.2, 0) is 6.54 Å². The summed E-state index contributed by atoms with van der Waals surface area (Å²) in [5.74, 6) is -0.269. The lowest BCUT2D eigenvalue weighted by atomic mass is 10.2. The predicted octanol–water partition coefficient (Wildman–Crippen LogP) is 3.34. The highest BCUT2D eigenvalue weighted by molar-refractivity contribution is 6.02. The quantitative estimate of drug-likeness (QED) is 0.749. The van der Waals surface area contributed by atoms with E-state index in [2.05, 4.69) is 20.7 Å². The highest BCUT2D eigenvalue weighted by atomic mass is 19.1. The normalized spacial score (nSPS) is 14.6. The zero-order chi connectivity index (χ0) is 18.8. The summed E-state index contributed by atoms with van der Waals surface area (Å²) in [4.78, 5) is 12.5. The van der Waals surface area contributed by atoms with Crippen LogP contribution in [0.5, 0.6) is 0 Å². The second-order valence-corrected chi connectivity index (χ2v) is 6.85. The van der Waals surface area contributed by atoms with Crippen LogP contribution in [0.25, 0.3) is 0 Å². The van der Waals surface area contributed by atoms with Crippen LogP contribution >= 0.6 is 0 Å². The molecule has 27 heavy (non-hydrogen) atoms. The SMILES string of the molecule is Cc1c(NC(=O)c2ccn(C3CCCC3)n2)nnn1Cc1ccccc1F. The van der Waals surface area contributed by atoms with Crippen LogP contribution in [0.15, 0.2) is 36.5 Å². The monoisotopic (exact) mass is 368 g/mol. The molecule has 0 atom stereocenters. The third kappa shape index (κ3) is 3.60. The molecule has 1 aliphatic rings. The first-order chi connectivity index (χ1) is 13.1. The fourth-order valence-corrected chi connectivity index (χ4v) is 3.42. The van der Waals surface area contributed by atoms with Gasteiger partial charge in [0.2, 0.25) is 0 Å². The number of halogens is 1. The van der Waals surface area contributed by atoms with Crippen LogP contribution in [0.3, 0.4) is 0 Å². The van der Waals surface area contributed by atoms with E-state index in [0.717, 1.165) is 12.8 Å². The van der Waals surface area contributed by atoms with Gasteiger partial charge in [-0.3, -0.25) is 9.48 Å². The first-order valence-corrected chi connectivity index (χ1v) is 9.12. The molecule has 1 fully saturated rings. The molecule has 2 aromatic heterocycles. The van der Waals surface area contributed by atoms with Gasteiger partial charge in [0.1, 0.15) is 5.82 Å². The van der Waals surface area contributed by atoms with Crippen molar-refractivity contribution in [1.29, 1.82) is 0 Å². The molecule has 8 heteroatoms. The van der Waals surface area contributed by atoms with Gasteiger partial charge in [-0.15, -0.1) is 5.10 Å². The van der Waals surface area contributed by atoms with Crippen molar-refractivity contribution >= 4 is 11.7 Å². The fraction of sp³-hybridized carbons (Fsp3) is 0.368. The van der Waals surface area contributed by atoms with Crippen molar-refractivity contribution in [3.8, 4) is 0 Å². The lowest BCUT2D eigenvalue weighted by molar-refractivity contribution is 0.102. The number of benzene rings is 1. The number of nitrogens with zero attached hydrogens (tertiary/aromatic N) is 5. The molecule has 0 unspecified atom stereocenters. The summed E-state index contributed by atoms with van der Waals surface area (Å²) >= 11 is 0. The van der Waals surface area contributed by atoms with Crippen LogP contribution in [0.2, 0.25) is 0 Å². The maximum Gasteiger partial charge on any atom is 0.277 e. The van der Waals surface area contributed by atoms with Gasteiger partial charge in [0.15, 0.2) is 11.5 Å². The lowest BCUT2D eigenvalue weighted by Crippen LogP contribution is -2.15. The molecule has 0 saturated heterocycles. The molecule has 0 aliphatic heterocycles. The number of anilines is 1. The number of hydrogen-bond donors (Lipinski definition) is 1. The van der Waals surface area contributed by atoms with E-state index in [0.29, 0.717) is 28.8 Å². The topological polar surface area (TPSA) is 77.6 Å². The first kappa shape index (κ1) is 17.4. The van der Waals surface area contributed by atoms with E-state index >= 15 is 0 Å². The molecule has 0 spiro atoms. The van der Waals surface area contributed by atoms with Gasteiger partial charge in [0.25, 0.3) is 5.91 Å². The summed E-state index contributed by atoms with van der Waals surface area (Å²) < 4.78 is 17.3. The Morgan fingerprint density at radius 1 is 1.26 bits per heavy atom. The van der Waals surface area contributed by atoms with Crippen LogP contribution in [0, 0.1) is 12.7 Å². The number of carbonyl (C=O) groups excluding carboxylic acids is 1. The molecule has 1 aromatic carbocycles. The van der Waals surface area contributed by atoms with Gasteiger partial charge in [-0.1, -0.05) is 36.3 Å². The van der Waals surface area contributed by atoms with E-state index in [1.807, 2.05) is 10.9 Å². The Morgan fingerprint density at radius 3 is 2.81 bits per heavy atom. The molecule has 0 radical (unpaired) electrons. The Kier molecular flexibility index (Phi) is 4.70. The minimum Gasteiger partial charge on any atom is -0.302 e. The molecule has 2 heterocycles. The zero-order valence-corrected chi connectivity index (χ0v) is 15.1. The van der Waals surface area contributed by atoms with Crippen molar-refractivity contribution in [3.63, 3.8) is 0 Å². The standard InChI is InChI=1S/C19H21FN6O/c1-13-18(22-24-26(13)12-14-6-2-5-9-16(14)20)21-19(27)17-10-11-25(23-17)15-7-3-4-8-15/h2,5-6,9-11,15H,3-4,7-8,12H2,1H3,(H,21,27). The van der Waals surface area contributed by atoms with Crippen molar-refractivity contribution in [2.45, 2.75) is 45.2 Å². The largest absolute Gasteiger partial charge is 0.302 e. The summed E-state index contributed by atoms with van der Waals surface area (Å²) in [6, 6.07) is 8.62. The molecule has 7 nitrogen and oxygen atoms in total. The number of carbonyl (C=O) groups is 1. The molecular weight excluding hydrogens is 347 g/mol. The number of amides is 1. The molecule has 0 bridgehead atoms. The van der Waals surface area contributed by atoms with Crippen molar-refractivity contribution in [3.05, 3.63) is 59.3 Å². The van der Waals surface area contributed by atoms with Crippen molar-refractivity contribution in [2.75, 3.05) is 5.32 Å². The summed E-state index contributed by atoms with van der Waals surface area (Å²) in [7, 11) is 0. The number of hydrogen-bond acceptors (Lipinski definition) is 4. The average Bonchev–Trinajstić information content (AvgIpc) is 3.40. The Labute approximate surface area is 156 Å². The Bertz CT molecular complexity index is 957. The summed E-state index contributed by atoms with van der Waals surface area (Å²) in [6.45, 7) is 2.03.